The maximum absolute atomic E-state index is 12.1. The molecule has 2 N–H and O–H groups in total. The number of aromatic amines is 1. The van der Waals surface area contributed by atoms with Crippen molar-refractivity contribution in [1.29, 1.82) is 0 Å². The second-order valence-corrected chi connectivity index (χ2v) is 5.43. The molecule has 0 saturated heterocycles. The Morgan fingerprint density at radius 1 is 1.20 bits per heavy atom. The topological polar surface area (TPSA) is 57.8 Å². The van der Waals surface area contributed by atoms with Gasteiger partial charge in [0.2, 0.25) is 0 Å². The first-order chi connectivity index (χ1) is 9.61. The maximum Gasteiger partial charge on any atom is 0.255 e. The fraction of sp³-hybridized carbons (Fsp3) is 0.0667. The lowest BCUT2D eigenvalue weighted by molar-refractivity contribution is 0.102. The zero-order chi connectivity index (χ0) is 14.1. The van der Waals surface area contributed by atoms with E-state index in [4.69, 9.17) is 0 Å². The van der Waals surface area contributed by atoms with Crippen LogP contribution >= 0.6 is 15.9 Å². The Bertz CT molecular complexity index is 777. The third kappa shape index (κ3) is 2.58. The van der Waals surface area contributed by atoms with E-state index in [9.17, 15) is 4.79 Å². The first-order valence-corrected chi connectivity index (χ1v) is 6.94. The van der Waals surface area contributed by atoms with Crippen molar-refractivity contribution in [3.05, 3.63) is 58.3 Å². The first-order valence-electron chi connectivity index (χ1n) is 6.15. The monoisotopic (exact) mass is 329 g/mol. The minimum Gasteiger partial charge on any atom is -0.342 e. The molecule has 5 heteroatoms. The molecule has 0 atom stereocenters. The van der Waals surface area contributed by atoms with Crippen molar-refractivity contribution in [1.82, 2.24) is 9.97 Å². The van der Waals surface area contributed by atoms with E-state index in [1.54, 1.807) is 12.1 Å². The number of fused-ring (bicyclic) bond motifs is 1. The molecule has 0 unspecified atom stereocenters. The van der Waals surface area contributed by atoms with E-state index in [0.29, 0.717) is 5.56 Å². The van der Waals surface area contributed by atoms with Crippen molar-refractivity contribution < 1.29 is 4.79 Å². The Balaban J connectivity index is 1.84. The second kappa shape index (κ2) is 5.09. The number of anilines is 1. The minimum atomic E-state index is -0.131. The largest absolute Gasteiger partial charge is 0.342 e. The lowest BCUT2D eigenvalue weighted by Gasteiger charge is -2.05. The quantitative estimate of drug-likeness (QED) is 0.749. The Kier molecular flexibility index (Phi) is 3.28. The van der Waals surface area contributed by atoms with Gasteiger partial charge >= 0.3 is 0 Å². The Hall–Kier alpha value is -2.14. The van der Waals surface area contributed by atoms with Gasteiger partial charge in [0.05, 0.1) is 11.0 Å². The number of aromatic nitrogens is 2. The van der Waals surface area contributed by atoms with Gasteiger partial charge in [0.15, 0.2) is 0 Å². The van der Waals surface area contributed by atoms with Crippen LogP contribution in [0.25, 0.3) is 11.0 Å². The average molecular weight is 330 g/mol. The highest BCUT2D eigenvalue weighted by Crippen LogP contribution is 2.18. The van der Waals surface area contributed by atoms with Gasteiger partial charge in [-0.15, -0.1) is 0 Å². The lowest BCUT2D eigenvalue weighted by atomic mass is 10.2. The number of aryl methyl sites for hydroxylation is 1. The molecule has 3 rings (SSSR count). The lowest BCUT2D eigenvalue weighted by Crippen LogP contribution is -2.11. The summed E-state index contributed by atoms with van der Waals surface area (Å²) in [6.07, 6.45) is 0. The van der Waals surface area contributed by atoms with Crippen LogP contribution in [-0.2, 0) is 0 Å². The molecule has 1 amide bonds. The van der Waals surface area contributed by atoms with Crippen LogP contribution in [0.4, 0.5) is 5.69 Å². The van der Waals surface area contributed by atoms with E-state index < -0.39 is 0 Å². The number of carbonyl (C=O) groups excluding carboxylic acids is 1. The van der Waals surface area contributed by atoms with Gasteiger partial charge in [-0.25, -0.2) is 4.98 Å². The molecule has 20 heavy (non-hydrogen) atoms. The molecule has 1 aromatic heterocycles. The fourth-order valence-corrected chi connectivity index (χ4v) is 2.28. The van der Waals surface area contributed by atoms with Crippen molar-refractivity contribution in [2.75, 3.05) is 5.32 Å². The molecule has 1 heterocycles. The van der Waals surface area contributed by atoms with Gasteiger partial charge in [0.25, 0.3) is 5.91 Å². The van der Waals surface area contributed by atoms with E-state index in [2.05, 4.69) is 31.2 Å². The van der Waals surface area contributed by atoms with Gasteiger partial charge in [-0.1, -0.05) is 15.9 Å². The molecule has 2 aromatic carbocycles. The number of rotatable bonds is 2. The number of nitrogens with zero attached hydrogens (tertiary/aromatic N) is 1. The summed E-state index contributed by atoms with van der Waals surface area (Å²) in [5, 5.41) is 2.88. The summed E-state index contributed by atoms with van der Waals surface area (Å²) in [6.45, 7) is 1.90. The van der Waals surface area contributed by atoms with Crippen molar-refractivity contribution in [2.24, 2.45) is 0 Å². The molecule has 0 aliphatic heterocycles. The highest BCUT2D eigenvalue weighted by atomic mass is 79.9. The van der Waals surface area contributed by atoms with Gasteiger partial charge < -0.3 is 10.3 Å². The van der Waals surface area contributed by atoms with E-state index >= 15 is 0 Å². The van der Waals surface area contributed by atoms with Crippen LogP contribution in [0.2, 0.25) is 0 Å². The van der Waals surface area contributed by atoms with Crippen LogP contribution in [0.3, 0.4) is 0 Å². The summed E-state index contributed by atoms with van der Waals surface area (Å²) in [5.74, 6) is 0.726. The summed E-state index contributed by atoms with van der Waals surface area (Å²) in [6, 6.07) is 12.9. The Morgan fingerprint density at radius 2 is 1.95 bits per heavy atom. The normalized spacial score (nSPS) is 10.7. The SMILES string of the molecule is Cc1nc2ccc(NC(=O)c3ccc(Br)cc3)cc2[nH]1. The average Bonchev–Trinajstić information content (AvgIpc) is 2.78. The summed E-state index contributed by atoms with van der Waals surface area (Å²) >= 11 is 3.35. The summed E-state index contributed by atoms with van der Waals surface area (Å²) in [5.41, 5.74) is 3.17. The number of nitrogens with one attached hydrogen (secondary N) is 2. The third-order valence-corrected chi connectivity index (χ3v) is 3.49. The highest BCUT2D eigenvalue weighted by molar-refractivity contribution is 9.10. The number of imidazole rings is 1. The Morgan fingerprint density at radius 3 is 2.70 bits per heavy atom. The van der Waals surface area contributed by atoms with E-state index in [0.717, 1.165) is 27.0 Å². The molecule has 100 valence electrons. The standard InChI is InChI=1S/C15H12BrN3O/c1-9-17-13-7-6-12(8-14(13)18-9)19-15(20)10-2-4-11(16)5-3-10/h2-8H,1H3,(H,17,18)(H,19,20). The van der Waals surface area contributed by atoms with Crippen LogP contribution in [0.1, 0.15) is 16.2 Å². The van der Waals surface area contributed by atoms with Gasteiger partial charge in [0.1, 0.15) is 5.82 Å². The Labute approximate surface area is 124 Å². The number of carbonyl (C=O) groups is 1. The minimum absolute atomic E-state index is 0.131. The molecule has 3 aromatic rings. The summed E-state index contributed by atoms with van der Waals surface area (Å²) in [4.78, 5) is 19.6. The molecular weight excluding hydrogens is 318 g/mol. The van der Waals surface area contributed by atoms with Crippen molar-refractivity contribution >= 4 is 38.6 Å². The highest BCUT2D eigenvalue weighted by Gasteiger charge is 2.07. The van der Waals surface area contributed by atoms with Crippen LogP contribution in [0, 0.1) is 6.92 Å². The molecule has 4 nitrogen and oxygen atoms in total. The van der Waals surface area contributed by atoms with Crippen molar-refractivity contribution in [3.8, 4) is 0 Å². The van der Waals surface area contributed by atoms with Crippen LogP contribution in [-0.4, -0.2) is 15.9 Å². The third-order valence-electron chi connectivity index (χ3n) is 2.96. The maximum atomic E-state index is 12.1. The van der Waals surface area contributed by atoms with E-state index in [1.165, 1.54) is 0 Å². The molecule has 0 spiro atoms. The molecule has 0 aliphatic rings. The number of amides is 1. The smallest absolute Gasteiger partial charge is 0.255 e. The number of halogens is 1. The number of benzene rings is 2. The van der Waals surface area contributed by atoms with Gasteiger partial charge in [-0.3, -0.25) is 4.79 Å². The molecule has 0 aliphatic carbocycles. The zero-order valence-electron chi connectivity index (χ0n) is 10.8. The van der Waals surface area contributed by atoms with E-state index in [1.807, 2.05) is 37.3 Å². The second-order valence-electron chi connectivity index (χ2n) is 4.52. The summed E-state index contributed by atoms with van der Waals surface area (Å²) in [7, 11) is 0. The van der Waals surface area contributed by atoms with Crippen LogP contribution in [0.15, 0.2) is 46.9 Å². The molecule has 0 radical (unpaired) electrons. The van der Waals surface area contributed by atoms with Crippen molar-refractivity contribution in [2.45, 2.75) is 6.92 Å². The van der Waals surface area contributed by atoms with Crippen LogP contribution in [0.5, 0.6) is 0 Å². The first kappa shape index (κ1) is 12.9. The molecule has 0 bridgehead atoms. The number of H-pyrrole nitrogens is 1. The fourth-order valence-electron chi connectivity index (χ4n) is 2.02. The zero-order valence-corrected chi connectivity index (χ0v) is 12.4. The molecular formula is C15H12BrN3O. The number of hydrogen-bond donors (Lipinski definition) is 2. The number of hydrogen-bond acceptors (Lipinski definition) is 2. The predicted octanol–water partition coefficient (Wildman–Crippen LogP) is 3.89. The van der Waals surface area contributed by atoms with Crippen molar-refractivity contribution in [3.63, 3.8) is 0 Å². The predicted molar refractivity (Wildman–Crippen MR) is 82.9 cm³/mol. The van der Waals surface area contributed by atoms with E-state index in [-0.39, 0.29) is 5.91 Å². The van der Waals surface area contributed by atoms with Gasteiger partial charge in [0, 0.05) is 15.7 Å². The van der Waals surface area contributed by atoms with Crippen LogP contribution < -0.4 is 5.32 Å². The summed E-state index contributed by atoms with van der Waals surface area (Å²) < 4.78 is 0.948. The van der Waals surface area contributed by atoms with Gasteiger partial charge in [-0.05, 0) is 49.4 Å². The van der Waals surface area contributed by atoms with Gasteiger partial charge in [-0.2, -0.15) is 0 Å². The molecule has 0 fully saturated rings. The molecule has 0 saturated carbocycles.